The van der Waals surface area contributed by atoms with E-state index in [1.807, 2.05) is 0 Å². The molecule has 0 amide bonds. The van der Waals surface area contributed by atoms with Crippen molar-refractivity contribution in [3.05, 3.63) is 35.1 Å². The fourth-order valence-corrected chi connectivity index (χ4v) is 4.69. The number of rotatable bonds is 2. The average molecular weight is 333 g/mol. The first kappa shape index (κ1) is 17.3. The summed E-state index contributed by atoms with van der Waals surface area (Å²) in [6, 6.07) is 6.62. The number of allylic oxidation sites excluding steroid dienone is 4. The molecule has 0 bridgehead atoms. The molecule has 0 fully saturated rings. The predicted molar refractivity (Wildman–Crippen MR) is 94.1 cm³/mol. The molecule has 3 aliphatic rings. The van der Waals surface area contributed by atoms with Crippen molar-refractivity contribution in [2.24, 2.45) is 28.9 Å². The summed E-state index contributed by atoms with van der Waals surface area (Å²) >= 11 is 0. The average Bonchev–Trinajstić information content (AvgIpc) is 2.67. The molecule has 25 heavy (non-hydrogen) atoms. The predicted octanol–water partition coefficient (Wildman–Crippen LogP) is 2.62. The Morgan fingerprint density at radius 3 is 2.64 bits per heavy atom. The topological polar surface area (TPSA) is 101 Å². The van der Waals surface area contributed by atoms with Gasteiger partial charge in [-0.25, -0.2) is 0 Å². The van der Waals surface area contributed by atoms with Crippen molar-refractivity contribution in [3.8, 4) is 18.2 Å². The molecule has 2 N–H and O–H groups in total. The van der Waals surface area contributed by atoms with Crippen LogP contribution in [0.4, 0.5) is 0 Å². The van der Waals surface area contributed by atoms with E-state index in [2.05, 4.69) is 48.3 Å². The van der Waals surface area contributed by atoms with Crippen LogP contribution < -0.4 is 5.73 Å². The van der Waals surface area contributed by atoms with Crippen molar-refractivity contribution in [1.29, 1.82) is 15.8 Å². The van der Waals surface area contributed by atoms with E-state index >= 15 is 0 Å². The molecule has 0 radical (unpaired) electrons. The van der Waals surface area contributed by atoms with E-state index in [1.54, 1.807) is 0 Å². The first-order valence-electron chi connectivity index (χ1n) is 8.95. The Morgan fingerprint density at radius 2 is 2.08 bits per heavy atom. The summed E-state index contributed by atoms with van der Waals surface area (Å²) < 4.78 is 0. The van der Waals surface area contributed by atoms with Crippen LogP contribution >= 0.6 is 0 Å². The Balaban J connectivity index is 2.22. The molecule has 2 aliphatic carbocycles. The van der Waals surface area contributed by atoms with Crippen LogP contribution in [0.15, 0.2) is 35.1 Å². The van der Waals surface area contributed by atoms with Crippen LogP contribution in [-0.4, -0.2) is 24.5 Å². The van der Waals surface area contributed by atoms with E-state index in [9.17, 15) is 15.8 Å². The second kappa shape index (κ2) is 6.75. The Hall–Kier alpha value is -2.55. The van der Waals surface area contributed by atoms with Gasteiger partial charge in [0.1, 0.15) is 6.07 Å². The van der Waals surface area contributed by atoms with Crippen LogP contribution in [-0.2, 0) is 0 Å². The minimum atomic E-state index is -1.43. The monoisotopic (exact) mass is 333 g/mol. The zero-order valence-corrected chi connectivity index (χ0v) is 14.6. The highest BCUT2D eigenvalue weighted by Crippen LogP contribution is 2.53. The molecule has 0 aromatic carbocycles. The molecule has 1 heterocycles. The molecular weight excluding hydrogens is 310 g/mol. The molecule has 0 spiro atoms. The second-order valence-corrected chi connectivity index (χ2v) is 7.10. The van der Waals surface area contributed by atoms with E-state index in [4.69, 9.17) is 5.73 Å². The van der Waals surface area contributed by atoms with Crippen molar-refractivity contribution in [1.82, 2.24) is 4.90 Å². The molecular formula is C20H23N5. The molecule has 0 unspecified atom stereocenters. The third kappa shape index (κ3) is 2.55. The number of nitrogens with two attached hydrogens (primary N) is 1. The largest absolute Gasteiger partial charge is 0.399 e. The summed E-state index contributed by atoms with van der Waals surface area (Å²) in [4.78, 5) is 2.30. The molecule has 0 saturated heterocycles. The van der Waals surface area contributed by atoms with Crippen LogP contribution in [0.2, 0.25) is 0 Å². The molecule has 3 rings (SSSR count). The lowest BCUT2D eigenvalue weighted by molar-refractivity contribution is 0.130. The number of likely N-dealkylation sites (N-methyl/N-ethyl adjacent to an activating group) is 1. The summed E-state index contributed by atoms with van der Waals surface area (Å²) in [6.45, 7) is 4.55. The lowest BCUT2D eigenvalue weighted by Gasteiger charge is -2.48. The van der Waals surface area contributed by atoms with Gasteiger partial charge < -0.3 is 5.73 Å². The van der Waals surface area contributed by atoms with E-state index in [0.29, 0.717) is 5.57 Å². The highest BCUT2D eigenvalue weighted by Gasteiger charge is 2.55. The van der Waals surface area contributed by atoms with Gasteiger partial charge in [0.2, 0.25) is 0 Å². The van der Waals surface area contributed by atoms with Gasteiger partial charge in [-0.3, -0.25) is 4.90 Å². The number of hydrogen-bond donors (Lipinski definition) is 1. The summed E-state index contributed by atoms with van der Waals surface area (Å²) in [5.41, 5.74) is 6.30. The Bertz CT molecular complexity index is 753. The maximum atomic E-state index is 9.99. The molecule has 0 saturated carbocycles. The van der Waals surface area contributed by atoms with Gasteiger partial charge in [0.15, 0.2) is 5.41 Å². The molecule has 128 valence electrons. The molecule has 0 aromatic heterocycles. The third-order valence-electron chi connectivity index (χ3n) is 6.00. The SMILES string of the molecule is CCN1CC=C2C(C#N)=C(N)C(C#N)(C#N)[C@H]([C@@H]3C=CCCC3)[C@H]2C1. The van der Waals surface area contributed by atoms with E-state index in [0.717, 1.165) is 44.5 Å². The number of nitrogens with zero attached hydrogens (tertiary/aromatic N) is 4. The van der Waals surface area contributed by atoms with Crippen LogP contribution in [0, 0.1) is 57.2 Å². The maximum absolute atomic E-state index is 9.99. The minimum absolute atomic E-state index is 0.0114. The van der Waals surface area contributed by atoms with Crippen molar-refractivity contribution >= 4 is 0 Å². The van der Waals surface area contributed by atoms with Crippen LogP contribution in [0.3, 0.4) is 0 Å². The zero-order valence-electron chi connectivity index (χ0n) is 14.6. The zero-order chi connectivity index (χ0) is 18.0. The smallest absolute Gasteiger partial charge is 0.187 e. The lowest BCUT2D eigenvalue weighted by Crippen LogP contribution is -2.51. The van der Waals surface area contributed by atoms with Crippen LogP contribution in [0.5, 0.6) is 0 Å². The van der Waals surface area contributed by atoms with E-state index < -0.39 is 5.41 Å². The summed E-state index contributed by atoms with van der Waals surface area (Å²) in [7, 11) is 0. The summed E-state index contributed by atoms with van der Waals surface area (Å²) in [6.07, 6.45) is 9.43. The van der Waals surface area contributed by atoms with Gasteiger partial charge >= 0.3 is 0 Å². The van der Waals surface area contributed by atoms with E-state index in [1.165, 1.54) is 0 Å². The Labute approximate surface area is 149 Å². The summed E-state index contributed by atoms with van der Waals surface area (Å²) in [5, 5.41) is 29.6. The molecule has 5 heteroatoms. The summed E-state index contributed by atoms with van der Waals surface area (Å²) in [5.74, 6) is -0.0866. The number of hydrogen-bond acceptors (Lipinski definition) is 5. The van der Waals surface area contributed by atoms with Gasteiger partial charge in [-0.15, -0.1) is 0 Å². The quantitative estimate of drug-likeness (QED) is 0.783. The molecule has 5 nitrogen and oxygen atoms in total. The van der Waals surface area contributed by atoms with Gasteiger partial charge in [0.05, 0.1) is 23.4 Å². The fraction of sp³-hybridized carbons (Fsp3) is 0.550. The van der Waals surface area contributed by atoms with Crippen molar-refractivity contribution in [2.75, 3.05) is 19.6 Å². The second-order valence-electron chi connectivity index (χ2n) is 7.10. The molecule has 3 atom stereocenters. The van der Waals surface area contributed by atoms with Gasteiger partial charge in [-0.1, -0.05) is 25.2 Å². The fourth-order valence-electron chi connectivity index (χ4n) is 4.69. The maximum Gasteiger partial charge on any atom is 0.187 e. The molecule has 1 aliphatic heterocycles. The van der Waals surface area contributed by atoms with Crippen molar-refractivity contribution < 1.29 is 0 Å². The number of nitriles is 3. The van der Waals surface area contributed by atoms with Gasteiger partial charge in [-0.05, 0) is 37.3 Å². The van der Waals surface area contributed by atoms with Gasteiger partial charge in [0.25, 0.3) is 0 Å². The van der Waals surface area contributed by atoms with Crippen molar-refractivity contribution in [3.63, 3.8) is 0 Å². The van der Waals surface area contributed by atoms with E-state index in [-0.39, 0.29) is 23.5 Å². The number of fused-ring (bicyclic) bond motifs is 1. The Kier molecular flexibility index (Phi) is 4.67. The van der Waals surface area contributed by atoms with Crippen molar-refractivity contribution in [2.45, 2.75) is 26.2 Å². The Morgan fingerprint density at radius 1 is 1.32 bits per heavy atom. The highest BCUT2D eigenvalue weighted by molar-refractivity contribution is 5.57. The first-order chi connectivity index (χ1) is 12.1. The lowest BCUT2D eigenvalue weighted by atomic mass is 9.55. The standard InChI is InChI=1S/C20H23N5/c1-2-25-9-8-15-16(10-21)19(24)20(12-22,13-23)18(17(15)11-25)14-6-4-3-5-7-14/h4,6,8,14,17-18H,2-3,5,7,9,11,24H2,1H3/t14-,17+,18-/m1/s1. The molecule has 0 aromatic rings. The normalized spacial score (nSPS) is 31.3. The van der Waals surface area contributed by atoms with Crippen LogP contribution in [0.1, 0.15) is 26.2 Å². The minimum Gasteiger partial charge on any atom is -0.399 e. The highest BCUT2D eigenvalue weighted by atomic mass is 15.1. The third-order valence-corrected chi connectivity index (χ3v) is 6.00. The first-order valence-corrected chi connectivity index (χ1v) is 8.95. The van der Waals surface area contributed by atoms with Gasteiger partial charge in [-0.2, -0.15) is 15.8 Å². The van der Waals surface area contributed by atoms with Crippen LogP contribution in [0.25, 0.3) is 0 Å². The van der Waals surface area contributed by atoms with Gasteiger partial charge in [0, 0.05) is 24.9 Å².